The van der Waals surface area contributed by atoms with E-state index in [9.17, 15) is 17.9 Å². The van der Waals surface area contributed by atoms with Gasteiger partial charge in [0, 0.05) is 18.2 Å². The lowest BCUT2D eigenvalue weighted by Crippen LogP contribution is -2.34. The molecule has 1 aliphatic rings. The minimum absolute atomic E-state index is 0.111. The number of allylic oxidation sites excluding steroid dienone is 1. The lowest BCUT2D eigenvalue weighted by molar-refractivity contribution is 0.193. The number of hydrogen-bond acceptors (Lipinski definition) is 11. The van der Waals surface area contributed by atoms with E-state index in [1.165, 1.54) is 31.9 Å². The first-order valence-electron chi connectivity index (χ1n) is 11.0. The number of sulfonamides is 1. The zero-order chi connectivity index (χ0) is 26.7. The van der Waals surface area contributed by atoms with Gasteiger partial charge in [0.2, 0.25) is 21.9 Å². The van der Waals surface area contributed by atoms with E-state index in [-0.39, 0.29) is 29.1 Å². The molecule has 0 fully saturated rings. The first-order chi connectivity index (χ1) is 17.7. The summed E-state index contributed by atoms with van der Waals surface area (Å²) in [6, 6.07) is 4.94. The summed E-state index contributed by atoms with van der Waals surface area (Å²) >= 11 is 0. The van der Waals surface area contributed by atoms with Crippen molar-refractivity contribution in [3.05, 3.63) is 60.3 Å². The average Bonchev–Trinajstić information content (AvgIpc) is 3.30. The second-order valence-electron chi connectivity index (χ2n) is 8.00. The number of anilines is 1. The number of hydrogen-bond donors (Lipinski definition) is 3. The molecule has 15 heteroatoms. The molecule has 3 aromatic rings. The van der Waals surface area contributed by atoms with Gasteiger partial charge in [-0.2, -0.15) is 0 Å². The van der Waals surface area contributed by atoms with Crippen LogP contribution in [0, 0.1) is 5.82 Å². The standard InChI is InChI=1S/C22H25FN8O5S/c1-12(19-25-10-14(23)11-26-19)13(2)37(33,34)30-22-29-28-20(15-6-5-7-17(27-15)36-4)31(22)18-16(35-3)8-9-24-21(18)32/h5-13,21,24,32H,1-4H3,(H,29,30)/t12-,13-,21-/m0/s1. The largest absolute Gasteiger partial charge is 0.495 e. The Balaban J connectivity index is 1.80. The molecule has 4 rings (SSSR count). The van der Waals surface area contributed by atoms with E-state index in [4.69, 9.17) is 9.47 Å². The number of halogens is 1. The van der Waals surface area contributed by atoms with E-state index >= 15 is 0 Å². The molecule has 0 radical (unpaired) electrons. The molecule has 196 valence electrons. The molecule has 37 heavy (non-hydrogen) atoms. The molecule has 0 saturated heterocycles. The lowest BCUT2D eigenvalue weighted by atomic mass is 10.1. The highest BCUT2D eigenvalue weighted by Crippen LogP contribution is 2.31. The van der Waals surface area contributed by atoms with Gasteiger partial charge in [0.05, 0.1) is 31.9 Å². The van der Waals surface area contributed by atoms with Gasteiger partial charge in [-0.15, -0.1) is 10.2 Å². The normalized spacial score (nSPS) is 17.2. The summed E-state index contributed by atoms with van der Waals surface area (Å²) in [7, 11) is -1.27. The highest BCUT2D eigenvalue weighted by molar-refractivity contribution is 7.93. The Hall–Kier alpha value is -4.11. The third kappa shape index (κ3) is 5.22. The Kier molecular flexibility index (Phi) is 7.35. The summed E-state index contributed by atoms with van der Waals surface area (Å²) in [4.78, 5) is 12.2. The van der Waals surface area contributed by atoms with E-state index in [2.05, 4.69) is 35.2 Å². The van der Waals surface area contributed by atoms with Crippen LogP contribution in [0.25, 0.3) is 17.2 Å². The number of pyridine rings is 1. The number of methoxy groups -OCH3 is 2. The van der Waals surface area contributed by atoms with Crippen LogP contribution in [0.1, 0.15) is 25.6 Å². The van der Waals surface area contributed by atoms with Crippen molar-refractivity contribution in [2.75, 3.05) is 18.9 Å². The van der Waals surface area contributed by atoms with Crippen LogP contribution >= 0.6 is 0 Å². The highest BCUT2D eigenvalue weighted by atomic mass is 32.2. The average molecular weight is 533 g/mol. The summed E-state index contributed by atoms with van der Waals surface area (Å²) in [6.07, 6.45) is 3.68. The molecule has 0 saturated carbocycles. The fourth-order valence-electron chi connectivity index (χ4n) is 3.57. The first-order valence-corrected chi connectivity index (χ1v) is 12.6. The smallest absolute Gasteiger partial charge is 0.243 e. The van der Waals surface area contributed by atoms with E-state index < -0.39 is 33.2 Å². The van der Waals surface area contributed by atoms with E-state index in [1.807, 2.05) is 0 Å². The van der Waals surface area contributed by atoms with Crippen LogP contribution in [0.3, 0.4) is 0 Å². The van der Waals surface area contributed by atoms with Gasteiger partial charge in [-0.25, -0.2) is 27.8 Å². The second kappa shape index (κ2) is 10.5. The molecule has 0 bridgehead atoms. The molecule has 3 aromatic heterocycles. The number of aliphatic hydroxyl groups is 1. The Morgan fingerprint density at radius 2 is 1.89 bits per heavy atom. The van der Waals surface area contributed by atoms with E-state index in [1.54, 1.807) is 31.2 Å². The summed E-state index contributed by atoms with van der Waals surface area (Å²) in [5, 5.41) is 20.6. The molecule has 3 N–H and O–H groups in total. The van der Waals surface area contributed by atoms with E-state index in [0.29, 0.717) is 11.6 Å². The van der Waals surface area contributed by atoms with Crippen LogP contribution in [0.4, 0.5) is 10.3 Å². The fourth-order valence-corrected chi connectivity index (χ4v) is 4.80. The van der Waals surface area contributed by atoms with Gasteiger partial charge < -0.3 is 19.9 Å². The van der Waals surface area contributed by atoms with Crippen molar-refractivity contribution in [3.63, 3.8) is 0 Å². The minimum Gasteiger partial charge on any atom is -0.495 e. The minimum atomic E-state index is -4.13. The van der Waals surface area contributed by atoms with Gasteiger partial charge >= 0.3 is 0 Å². The molecule has 1 aliphatic heterocycles. The van der Waals surface area contributed by atoms with Gasteiger partial charge in [-0.1, -0.05) is 13.0 Å². The molecular formula is C22H25FN8O5S. The summed E-state index contributed by atoms with van der Waals surface area (Å²) in [6.45, 7) is 3.07. The number of nitrogens with zero attached hydrogens (tertiary/aromatic N) is 6. The second-order valence-corrected chi connectivity index (χ2v) is 10.0. The SMILES string of the molecule is COC1=C(n2c(NS(=O)(=O)[C@@H](C)[C@H](C)c3ncc(F)cn3)nnc2-c2cccc(OC)n2)[C@H](O)NC=C1. The number of dihydropyridines is 1. The predicted octanol–water partition coefficient (Wildman–Crippen LogP) is 1.46. The number of aliphatic hydroxyl groups excluding tert-OH is 1. The number of nitrogens with one attached hydrogen (secondary N) is 2. The molecule has 0 aliphatic carbocycles. The molecule has 0 amide bonds. The molecule has 0 spiro atoms. The maximum Gasteiger partial charge on any atom is 0.243 e. The lowest BCUT2D eigenvalue weighted by Gasteiger charge is -2.25. The number of ether oxygens (including phenoxy) is 2. The topological polar surface area (TPSA) is 166 Å². The van der Waals surface area contributed by atoms with Gasteiger partial charge in [-0.3, -0.25) is 9.29 Å². The fraction of sp³-hybridized carbons (Fsp3) is 0.318. The molecule has 0 unspecified atom stereocenters. The van der Waals surface area contributed by atoms with E-state index in [0.717, 1.165) is 12.4 Å². The Labute approximate surface area is 212 Å². The van der Waals surface area contributed by atoms with Gasteiger partial charge in [0.1, 0.15) is 23.0 Å². The third-order valence-electron chi connectivity index (χ3n) is 5.76. The molecular weight excluding hydrogens is 507 g/mol. The molecule has 4 heterocycles. The zero-order valence-corrected chi connectivity index (χ0v) is 21.1. The van der Waals surface area contributed by atoms with Crippen molar-refractivity contribution in [1.82, 2.24) is 35.0 Å². The van der Waals surface area contributed by atoms with Crippen molar-refractivity contribution in [3.8, 4) is 17.4 Å². The van der Waals surface area contributed by atoms with Crippen LogP contribution in [0.5, 0.6) is 5.88 Å². The summed E-state index contributed by atoms with van der Waals surface area (Å²) < 4.78 is 54.4. The van der Waals surface area contributed by atoms with Crippen LogP contribution in [-0.4, -0.2) is 68.9 Å². The van der Waals surface area contributed by atoms with Crippen LogP contribution in [0.2, 0.25) is 0 Å². The van der Waals surface area contributed by atoms with Crippen LogP contribution in [-0.2, 0) is 14.8 Å². The van der Waals surface area contributed by atoms with Gasteiger partial charge in [-0.05, 0) is 19.1 Å². The molecule has 0 aromatic carbocycles. The third-order valence-corrected chi connectivity index (χ3v) is 7.61. The summed E-state index contributed by atoms with van der Waals surface area (Å²) in [5.41, 5.74) is 0.415. The van der Waals surface area contributed by atoms with Crippen LogP contribution in [0.15, 0.2) is 48.6 Å². The molecule has 3 atom stereocenters. The Morgan fingerprint density at radius 1 is 1.16 bits per heavy atom. The van der Waals surface area contributed by atoms with Crippen molar-refractivity contribution in [2.24, 2.45) is 0 Å². The Bertz CT molecular complexity index is 1440. The zero-order valence-electron chi connectivity index (χ0n) is 20.3. The quantitative estimate of drug-likeness (QED) is 0.365. The number of aromatic nitrogens is 6. The Morgan fingerprint density at radius 3 is 2.57 bits per heavy atom. The first kappa shape index (κ1) is 26.0. The summed E-state index contributed by atoms with van der Waals surface area (Å²) in [5.74, 6) is -0.765. The van der Waals surface area contributed by atoms with Gasteiger partial charge in [0.15, 0.2) is 17.9 Å². The van der Waals surface area contributed by atoms with Crippen LogP contribution < -0.4 is 14.8 Å². The molecule has 13 nitrogen and oxygen atoms in total. The monoisotopic (exact) mass is 532 g/mol. The maximum absolute atomic E-state index is 13.4. The van der Waals surface area contributed by atoms with Crippen molar-refractivity contribution in [2.45, 2.75) is 31.2 Å². The van der Waals surface area contributed by atoms with Crippen molar-refractivity contribution >= 4 is 21.7 Å². The van der Waals surface area contributed by atoms with Crippen molar-refractivity contribution in [1.29, 1.82) is 0 Å². The predicted molar refractivity (Wildman–Crippen MR) is 131 cm³/mol. The highest BCUT2D eigenvalue weighted by Gasteiger charge is 2.34. The number of rotatable bonds is 9. The van der Waals surface area contributed by atoms with Gasteiger partial charge in [0.25, 0.3) is 0 Å². The maximum atomic E-state index is 13.4. The van der Waals surface area contributed by atoms with Crippen molar-refractivity contribution < 1.29 is 27.4 Å².